The zero-order chi connectivity index (χ0) is 14.1. The molecule has 0 unspecified atom stereocenters. The first-order valence-electron chi connectivity index (χ1n) is 6.75. The Morgan fingerprint density at radius 1 is 1.42 bits per heavy atom. The standard InChI is InChI=1S/C13H22N2O2S2/c1-3-13(4-2)5-6-15(10-13)19(16,17)12-7-11(8-14)18-9-12/h7,9H,3-6,8,10,14H2,1-2H3. The quantitative estimate of drug-likeness (QED) is 0.908. The minimum absolute atomic E-state index is 0.166. The van der Waals surface area contributed by atoms with Gasteiger partial charge in [0.25, 0.3) is 0 Å². The van der Waals surface area contributed by atoms with Crippen LogP contribution in [0.1, 0.15) is 38.0 Å². The number of sulfonamides is 1. The summed E-state index contributed by atoms with van der Waals surface area (Å²) < 4.78 is 26.8. The van der Waals surface area contributed by atoms with Crippen LogP contribution in [0.3, 0.4) is 0 Å². The van der Waals surface area contributed by atoms with Gasteiger partial charge in [0.05, 0.1) is 4.90 Å². The summed E-state index contributed by atoms with van der Waals surface area (Å²) in [5.41, 5.74) is 5.71. The smallest absolute Gasteiger partial charge is 0.243 e. The molecule has 1 aromatic heterocycles. The van der Waals surface area contributed by atoms with Crippen molar-refractivity contribution in [1.82, 2.24) is 4.31 Å². The molecular formula is C13H22N2O2S2. The summed E-state index contributed by atoms with van der Waals surface area (Å²) in [7, 11) is -3.33. The molecule has 2 rings (SSSR count). The van der Waals surface area contributed by atoms with E-state index in [0.717, 1.165) is 24.1 Å². The lowest BCUT2D eigenvalue weighted by atomic mass is 9.82. The molecule has 1 aliphatic heterocycles. The van der Waals surface area contributed by atoms with E-state index in [2.05, 4.69) is 13.8 Å². The molecule has 0 amide bonds. The summed E-state index contributed by atoms with van der Waals surface area (Å²) >= 11 is 1.42. The molecule has 0 bridgehead atoms. The molecule has 0 aromatic carbocycles. The lowest BCUT2D eigenvalue weighted by Crippen LogP contribution is -2.31. The summed E-state index contributed by atoms with van der Waals surface area (Å²) in [5, 5.41) is 1.70. The van der Waals surface area contributed by atoms with Crippen molar-refractivity contribution < 1.29 is 8.42 Å². The van der Waals surface area contributed by atoms with Crippen LogP contribution in [0.25, 0.3) is 0 Å². The summed E-state index contributed by atoms with van der Waals surface area (Å²) in [6.07, 6.45) is 3.04. The number of nitrogens with two attached hydrogens (primary N) is 1. The second-order valence-electron chi connectivity index (χ2n) is 5.25. The van der Waals surface area contributed by atoms with Crippen molar-refractivity contribution in [1.29, 1.82) is 0 Å². The topological polar surface area (TPSA) is 63.4 Å². The molecular weight excluding hydrogens is 280 g/mol. The Morgan fingerprint density at radius 3 is 2.58 bits per heavy atom. The van der Waals surface area contributed by atoms with E-state index in [0.29, 0.717) is 24.5 Å². The van der Waals surface area contributed by atoms with Crippen LogP contribution in [0.2, 0.25) is 0 Å². The van der Waals surface area contributed by atoms with Crippen molar-refractivity contribution in [2.24, 2.45) is 11.1 Å². The normalized spacial score (nSPS) is 19.9. The van der Waals surface area contributed by atoms with Crippen molar-refractivity contribution in [3.63, 3.8) is 0 Å². The van der Waals surface area contributed by atoms with Gasteiger partial charge < -0.3 is 5.73 Å². The molecule has 2 heterocycles. The van der Waals surface area contributed by atoms with Gasteiger partial charge in [0.1, 0.15) is 0 Å². The Kier molecular flexibility index (Phi) is 4.35. The summed E-state index contributed by atoms with van der Waals surface area (Å²) in [6, 6.07) is 1.71. The van der Waals surface area contributed by atoms with Crippen LogP contribution in [0.5, 0.6) is 0 Å². The zero-order valence-electron chi connectivity index (χ0n) is 11.6. The molecule has 2 N–H and O–H groups in total. The van der Waals surface area contributed by atoms with E-state index >= 15 is 0 Å². The minimum atomic E-state index is -3.33. The Hall–Kier alpha value is -0.430. The third-order valence-corrected chi connectivity index (χ3v) is 7.30. The first-order valence-corrected chi connectivity index (χ1v) is 9.07. The highest BCUT2D eigenvalue weighted by Crippen LogP contribution is 2.39. The Bertz CT molecular complexity index is 533. The molecule has 1 aromatic rings. The SMILES string of the molecule is CCC1(CC)CCN(S(=O)(=O)c2csc(CN)c2)C1. The predicted molar refractivity (Wildman–Crippen MR) is 78.6 cm³/mol. The fourth-order valence-corrected chi connectivity index (χ4v) is 5.38. The van der Waals surface area contributed by atoms with Gasteiger partial charge in [-0.15, -0.1) is 11.3 Å². The second kappa shape index (κ2) is 5.52. The summed E-state index contributed by atoms with van der Waals surface area (Å²) in [6.45, 7) is 5.98. The van der Waals surface area contributed by atoms with Gasteiger partial charge in [-0.25, -0.2) is 8.42 Å². The van der Waals surface area contributed by atoms with Crippen LogP contribution < -0.4 is 5.73 Å². The molecule has 108 valence electrons. The van der Waals surface area contributed by atoms with E-state index in [1.54, 1.807) is 15.8 Å². The summed E-state index contributed by atoms with van der Waals surface area (Å²) in [4.78, 5) is 1.32. The fourth-order valence-electron chi connectivity index (χ4n) is 2.68. The van der Waals surface area contributed by atoms with E-state index in [4.69, 9.17) is 5.73 Å². The monoisotopic (exact) mass is 302 g/mol. The molecule has 0 aliphatic carbocycles. The molecule has 4 nitrogen and oxygen atoms in total. The molecule has 19 heavy (non-hydrogen) atoms. The number of thiophene rings is 1. The van der Waals surface area contributed by atoms with Crippen molar-refractivity contribution >= 4 is 21.4 Å². The summed E-state index contributed by atoms with van der Waals surface area (Å²) in [5.74, 6) is 0. The van der Waals surface area contributed by atoms with Crippen molar-refractivity contribution in [2.45, 2.75) is 44.6 Å². The van der Waals surface area contributed by atoms with Crippen molar-refractivity contribution in [2.75, 3.05) is 13.1 Å². The highest BCUT2D eigenvalue weighted by Gasteiger charge is 2.40. The van der Waals surface area contributed by atoms with Gasteiger partial charge in [-0.3, -0.25) is 0 Å². The van der Waals surface area contributed by atoms with Gasteiger partial charge >= 0.3 is 0 Å². The average Bonchev–Trinajstić information content (AvgIpc) is 3.06. The number of nitrogens with zero attached hydrogens (tertiary/aromatic N) is 1. The third-order valence-electron chi connectivity index (χ3n) is 4.37. The van der Waals surface area contributed by atoms with Crippen LogP contribution in [-0.2, 0) is 16.6 Å². The maximum atomic E-state index is 12.6. The van der Waals surface area contributed by atoms with Crippen LogP contribution >= 0.6 is 11.3 Å². The van der Waals surface area contributed by atoms with E-state index < -0.39 is 10.0 Å². The molecule has 1 saturated heterocycles. The number of hydrogen-bond acceptors (Lipinski definition) is 4. The Balaban J connectivity index is 2.22. The average molecular weight is 302 g/mol. The molecule has 0 radical (unpaired) electrons. The highest BCUT2D eigenvalue weighted by molar-refractivity contribution is 7.89. The lowest BCUT2D eigenvalue weighted by Gasteiger charge is -2.26. The molecule has 0 spiro atoms. The minimum Gasteiger partial charge on any atom is -0.326 e. The number of hydrogen-bond donors (Lipinski definition) is 1. The number of rotatable bonds is 5. The fraction of sp³-hybridized carbons (Fsp3) is 0.692. The lowest BCUT2D eigenvalue weighted by molar-refractivity contribution is 0.279. The second-order valence-corrected chi connectivity index (χ2v) is 8.18. The van der Waals surface area contributed by atoms with E-state index in [1.807, 2.05) is 0 Å². The van der Waals surface area contributed by atoms with Gasteiger partial charge in [0, 0.05) is 29.9 Å². The van der Waals surface area contributed by atoms with E-state index in [1.165, 1.54) is 11.3 Å². The van der Waals surface area contributed by atoms with Crippen molar-refractivity contribution in [3.8, 4) is 0 Å². The van der Waals surface area contributed by atoms with Gasteiger partial charge in [0.15, 0.2) is 0 Å². The molecule has 6 heteroatoms. The molecule has 1 aliphatic rings. The molecule has 0 atom stereocenters. The van der Waals surface area contributed by atoms with E-state index in [-0.39, 0.29) is 5.41 Å². The van der Waals surface area contributed by atoms with Crippen LogP contribution in [0.4, 0.5) is 0 Å². The molecule has 1 fully saturated rings. The zero-order valence-corrected chi connectivity index (χ0v) is 13.2. The van der Waals surface area contributed by atoms with Crippen LogP contribution in [0.15, 0.2) is 16.3 Å². The third kappa shape index (κ3) is 2.72. The van der Waals surface area contributed by atoms with E-state index in [9.17, 15) is 8.42 Å². The largest absolute Gasteiger partial charge is 0.326 e. The first kappa shape index (κ1) is 15.0. The van der Waals surface area contributed by atoms with Gasteiger partial charge in [-0.1, -0.05) is 13.8 Å². The Morgan fingerprint density at radius 2 is 2.11 bits per heavy atom. The Labute approximate surface area is 119 Å². The van der Waals surface area contributed by atoms with Gasteiger partial charge in [-0.05, 0) is 30.7 Å². The van der Waals surface area contributed by atoms with Crippen molar-refractivity contribution in [3.05, 3.63) is 16.3 Å². The maximum absolute atomic E-state index is 12.6. The first-order chi connectivity index (χ1) is 8.97. The van der Waals surface area contributed by atoms with Gasteiger partial charge in [-0.2, -0.15) is 4.31 Å². The van der Waals surface area contributed by atoms with Crippen LogP contribution in [0, 0.1) is 5.41 Å². The van der Waals surface area contributed by atoms with Crippen LogP contribution in [-0.4, -0.2) is 25.8 Å². The maximum Gasteiger partial charge on any atom is 0.243 e. The highest BCUT2D eigenvalue weighted by atomic mass is 32.2. The molecule has 0 saturated carbocycles. The predicted octanol–water partition coefficient (Wildman–Crippen LogP) is 2.41. The van der Waals surface area contributed by atoms with Gasteiger partial charge in [0.2, 0.25) is 10.0 Å².